The number of carbonyl (C=O) groups is 1. The van der Waals surface area contributed by atoms with Gasteiger partial charge >= 0.3 is 0 Å². The summed E-state index contributed by atoms with van der Waals surface area (Å²) in [5.41, 5.74) is 7.82. The van der Waals surface area contributed by atoms with Crippen LogP contribution in [-0.4, -0.2) is 34.9 Å². The van der Waals surface area contributed by atoms with E-state index in [1.807, 2.05) is 35.4 Å². The Kier molecular flexibility index (Phi) is 3.00. The average molecular weight is 283 g/mol. The minimum absolute atomic E-state index is 0.158. The number of likely N-dealkylation sites (tertiary alicyclic amines) is 1. The molecule has 4 nitrogen and oxygen atoms in total. The van der Waals surface area contributed by atoms with Gasteiger partial charge in [0, 0.05) is 30.7 Å². The van der Waals surface area contributed by atoms with Crippen LogP contribution in [0.1, 0.15) is 29.6 Å². The Morgan fingerprint density at radius 2 is 2.05 bits per heavy atom. The maximum atomic E-state index is 12.9. The number of hydrogen-bond donors (Lipinski definition) is 2. The summed E-state index contributed by atoms with van der Waals surface area (Å²) >= 11 is 0. The molecule has 0 bridgehead atoms. The van der Waals surface area contributed by atoms with Crippen LogP contribution in [0.5, 0.6) is 0 Å². The Balaban J connectivity index is 1.60. The van der Waals surface area contributed by atoms with E-state index in [0.29, 0.717) is 17.9 Å². The van der Waals surface area contributed by atoms with Crippen LogP contribution in [0.2, 0.25) is 0 Å². The van der Waals surface area contributed by atoms with Gasteiger partial charge in [-0.3, -0.25) is 4.79 Å². The zero-order valence-corrected chi connectivity index (χ0v) is 12.1. The van der Waals surface area contributed by atoms with Crippen molar-refractivity contribution in [3.05, 3.63) is 36.0 Å². The van der Waals surface area contributed by atoms with Crippen LogP contribution < -0.4 is 5.73 Å². The van der Waals surface area contributed by atoms with Crippen molar-refractivity contribution in [3.8, 4) is 0 Å². The number of rotatable bonds is 1. The summed E-state index contributed by atoms with van der Waals surface area (Å²) in [6.45, 7) is 1.77. The van der Waals surface area contributed by atoms with Crippen LogP contribution in [0.25, 0.3) is 10.9 Å². The molecule has 0 radical (unpaired) electrons. The van der Waals surface area contributed by atoms with Gasteiger partial charge in [0.2, 0.25) is 0 Å². The third kappa shape index (κ3) is 2.14. The Bertz CT molecular complexity index is 677. The summed E-state index contributed by atoms with van der Waals surface area (Å²) in [4.78, 5) is 18.1. The first kappa shape index (κ1) is 12.9. The largest absolute Gasteiger partial charge is 0.361 e. The molecule has 3 atom stereocenters. The molecule has 1 unspecified atom stereocenters. The number of nitrogens with one attached hydrogen (secondary N) is 1. The highest BCUT2D eigenvalue weighted by Gasteiger charge is 2.38. The first-order valence-electron chi connectivity index (χ1n) is 7.83. The first-order chi connectivity index (χ1) is 10.2. The van der Waals surface area contributed by atoms with E-state index in [1.54, 1.807) is 0 Å². The highest BCUT2D eigenvalue weighted by Crippen LogP contribution is 2.36. The summed E-state index contributed by atoms with van der Waals surface area (Å²) in [7, 11) is 0. The van der Waals surface area contributed by atoms with Gasteiger partial charge in [0.05, 0.1) is 11.1 Å². The predicted octanol–water partition coefficient (Wildman–Crippen LogP) is 2.37. The lowest BCUT2D eigenvalue weighted by atomic mass is 9.79. The normalized spacial score (nSPS) is 28.8. The Morgan fingerprint density at radius 1 is 1.19 bits per heavy atom. The molecule has 1 amide bonds. The fourth-order valence-electron chi connectivity index (χ4n) is 4.07. The minimum Gasteiger partial charge on any atom is -0.361 e. The van der Waals surface area contributed by atoms with E-state index in [9.17, 15) is 4.79 Å². The van der Waals surface area contributed by atoms with Crippen molar-refractivity contribution in [3.63, 3.8) is 0 Å². The summed E-state index contributed by atoms with van der Waals surface area (Å²) < 4.78 is 0. The lowest BCUT2D eigenvalue weighted by Crippen LogP contribution is -2.32. The second kappa shape index (κ2) is 4.88. The lowest BCUT2D eigenvalue weighted by Gasteiger charge is -2.27. The van der Waals surface area contributed by atoms with Crippen molar-refractivity contribution >= 4 is 16.8 Å². The molecular formula is C17H21N3O. The number of amides is 1. The molecule has 1 saturated carbocycles. The molecular weight excluding hydrogens is 262 g/mol. The molecule has 1 aliphatic heterocycles. The molecule has 1 aromatic carbocycles. The first-order valence-corrected chi connectivity index (χ1v) is 7.83. The van der Waals surface area contributed by atoms with E-state index in [4.69, 9.17) is 5.73 Å². The minimum atomic E-state index is 0.158. The van der Waals surface area contributed by atoms with E-state index in [1.165, 1.54) is 6.42 Å². The zero-order chi connectivity index (χ0) is 14.4. The molecule has 2 aliphatic rings. The van der Waals surface area contributed by atoms with E-state index in [2.05, 4.69) is 4.98 Å². The number of benzene rings is 1. The number of hydrogen-bond acceptors (Lipinski definition) is 2. The summed E-state index contributed by atoms with van der Waals surface area (Å²) in [6.07, 6.45) is 5.24. The third-order valence-electron chi connectivity index (χ3n) is 5.20. The Morgan fingerprint density at radius 3 is 2.95 bits per heavy atom. The fourth-order valence-corrected chi connectivity index (χ4v) is 4.07. The molecule has 2 fully saturated rings. The highest BCUT2D eigenvalue weighted by molar-refractivity contribution is 6.05. The Hall–Kier alpha value is -1.81. The maximum Gasteiger partial charge on any atom is 0.256 e. The number of aromatic nitrogens is 1. The predicted molar refractivity (Wildman–Crippen MR) is 83.0 cm³/mol. The van der Waals surface area contributed by atoms with Crippen LogP contribution in [-0.2, 0) is 0 Å². The van der Waals surface area contributed by atoms with E-state index in [-0.39, 0.29) is 5.91 Å². The van der Waals surface area contributed by atoms with Crippen LogP contribution >= 0.6 is 0 Å². The smallest absolute Gasteiger partial charge is 0.256 e. The van der Waals surface area contributed by atoms with Gasteiger partial charge in [-0.2, -0.15) is 0 Å². The van der Waals surface area contributed by atoms with Gasteiger partial charge in [0.1, 0.15) is 0 Å². The molecule has 1 saturated heterocycles. The van der Waals surface area contributed by atoms with Gasteiger partial charge in [-0.1, -0.05) is 12.1 Å². The zero-order valence-electron chi connectivity index (χ0n) is 12.1. The molecule has 110 valence electrons. The topological polar surface area (TPSA) is 62.1 Å². The summed E-state index contributed by atoms with van der Waals surface area (Å²) in [5, 5.41) is 1.10. The van der Waals surface area contributed by atoms with Crippen LogP contribution in [0.3, 0.4) is 0 Å². The number of fused-ring (bicyclic) bond motifs is 2. The summed E-state index contributed by atoms with van der Waals surface area (Å²) in [6, 6.07) is 8.26. The van der Waals surface area contributed by atoms with Crippen molar-refractivity contribution in [2.24, 2.45) is 17.6 Å². The van der Waals surface area contributed by atoms with E-state index < -0.39 is 0 Å². The molecule has 2 aromatic rings. The van der Waals surface area contributed by atoms with Gasteiger partial charge in [0.25, 0.3) is 5.91 Å². The number of aromatic amines is 1. The molecule has 1 aromatic heterocycles. The third-order valence-corrected chi connectivity index (χ3v) is 5.20. The molecule has 21 heavy (non-hydrogen) atoms. The average Bonchev–Trinajstić information content (AvgIpc) is 3.11. The summed E-state index contributed by atoms with van der Waals surface area (Å²) in [5.74, 6) is 1.41. The van der Waals surface area contributed by atoms with Gasteiger partial charge in [0.15, 0.2) is 0 Å². The van der Waals surface area contributed by atoms with Crippen molar-refractivity contribution in [1.82, 2.24) is 9.88 Å². The van der Waals surface area contributed by atoms with Crippen LogP contribution in [0.15, 0.2) is 30.5 Å². The molecule has 4 heteroatoms. The number of para-hydroxylation sites is 1. The van der Waals surface area contributed by atoms with Gasteiger partial charge in [-0.15, -0.1) is 0 Å². The van der Waals surface area contributed by atoms with Gasteiger partial charge in [-0.05, 0) is 43.2 Å². The molecule has 2 heterocycles. The lowest BCUT2D eigenvalue weighted by molar-refractivity contribution is 0.0785. The number of H-pyrrole nitrogens is 1. The molecule has 3 N–H and O–H groups in total. The Labute approximate surface area is 124 Å². The second-order valence-corrected chi connectivity index (χ2v) is 6.55. The van der Waals surface area contributed by atoms with Gasteiger partial charge in [-0.25, -0.2) is 0 Å². The monoisotopic (exact) mass is 283 g/mol. The van der Waals surface area contributed by atoms with Crippen molar-refractivity contribution < 1.29 is 4.79 Å². The standard InChI is InChI=1S/C17H21N3O/c18-14-5-4-12-9-20(10-13(12)8-14)17(21)15-3-1-2-11-6-7-19-16(11)15/h1-3,6-7,12-14,19H,4-5,8-10,18H2/t12-,13+,14?/m1/s1. The quantitative estimate of drug-likeness (QED) is 0.844. The number of nitrogens with zero attached hydrogens (tertiary/aromatic N) is 1. The van der Waals surface area contributed by atoms with Crippen molar-refractivity contribution in [2.75, 3.05) is 13.1 Å². The second-order valence-electron chi connectivity index (χ2n) is 6.55. The molecule has 1 aliphatic carbocycles. The van der Waals surface area contributed by atoms with E-state index >= 15 is 0 Å². The SMILES string of the molecule is NC1CC[C@@H]2CN(C(=O)c3cccc4cc[nH]c34)C[C@@H]2C1. The maximum absolute atomic E-state index is 12.9. The molecule has 0 spiro atoms. The fraction of sp³-hybridized carbons (Fsp3) is 0.471. The van der Waals surface area contributed by atoms with Crippen LogP contribution in [0, 0.1) is 11.8 Å². The van der Waals surface area contributed by atoms with E-state index in [0.717, 1.165) is 42.4 Å². The van der Waals surface area contributed by atoms with Gasteiger partial charge < -0.3 is 15.6 Å². The molecule has 4 rings (SSSR count). The van der Waals surface area contributed by atoms with Crippen LogP contribution in [0.4, 0.5) is 0 Å². The number of carbonyl (C=O) groups excluding carboxylic acids is 1. The number of nitrogens with two attached hydrogens (primary N) is 1. The van der Waals surface area contributed by atoms with Crippen molar-refractivity contribution in [2.45, 2.75) is 25.3 Å². The highest BCUT2D eigenvalue weighted by atomic mass is 16.2. The van der Waals surface area contributed by atoms with Crippen molar-refractivity contribution in [1.29, 1.82) is 0 Å².